The second kappa shape index (κ2) is 8.44. The van der Waals surface area contributed by atoms with Crippen LogP contribution in [0.4, 0.5) is 0 Å². The molecule has 2 heterocycles. The molecular weight excluding hydrogens is 392 g/mol. The Kier molecular flexibility index (Phi) is 5.57. The second-order valence-electron chi connectivity index (χ2n) is 6.32. The minimum atomic E-state index is -0.360. The number of aromatic nitrogens is 3. The van der Waals surface area contributed by atoms with Crippen LogP contribution in [0.1, 0.15) is 12.5 Å². The van der Waals surface area contributed by atoms with E-state index in [0.29, 0.717) is 23.2 Å². The van der Waals surface area contributed by atoms with Crippen molar-refractivity contribution in [2.75, 3.05) is 13.9 Å². The Morgan fingerprint density at radius 3 is 2.97 bits per heavy atom. The molecule has 0 saturated carbocycles. The van der Waals surface area contributed by atoms with Gasteiger partial charge in [0, 0.05) is 6.54 Å². The van der Waals surface area contributed by atoms with Gasteiger partial charge in [-0.05, 0) is 36.8 Å². The molecule has 1 aromatic heterocycles. The monoisotopic (exact) mass is 412 g/mol. The summed E-state index contributed by atoms with van der Waals surface area (Å²) >= 11 is 1.33. The van der Waals surface area contributed by atoms with Crippen LogP contribution in [-0.2, 0) is 11.3 Å². The first-order valence-electron chi connectivity index (χ1n) is 9.02. The Hall–Kier alpha value is -3.20. The molecule has 29 heavy (non-hydrogen) atoms. The zero-order valence-corrected chi connectivity index (χ0v) is 16.8. The van der Waals surface area contributed by atoms with Crippen molar-refractivity contribution in [1.82, 2.24) is 20.1 Å². The standard InChI is InChI=1S/C20H20N4O4S/c1-13(19(25)21-10-14-7-8-17-18(9-14)28-12-27-17)29-20-23-22-11-24(20)15-5-3-4-6-16(15)26-2/h3-9,11,13H,10,12H2,1-2H3,(H,21,25)/t13-/m1/s1. The zero-order chi connectivity index (χ0) is 20.2. The summed E-state index contributed by atoms with van der Waals surface area (Å²) in [6, 6.07) is 13.2. The van der Waals surface area contributed by atoms with E-state index in [1.165, 1.54) is 11.8 Å². The largest absolute Gasteiger partial charge is 0.495 e. The molecule has 3 aromatic rings. The number of methoxy groups -OCH3 is 1. The van der Waals surface area contributed by atoms with E-state index < -0.39 is 0 Å². The smallest absolute Gasteiger partial charge is 0.233 e. The number of carbonyl (C=O) groups excluding carboxylic acids is 1. The molecular formula is C20H20N4O4S. The fourth-order valence-electron chi connectivity index (χ4n) is 2.89. The van der Waals surface area contributed by atoms with Crippen LogP contribution < -0.4 is 19.5 Å². The van der Waals surface area contributed by atoms with Crippen LogP contribution in [0.2, 0.25) is 0 Å². The number of rotatable bonds is 7. The van der Waals surface area contributed by atoms with Gasteiger partial charge in [-0.2, -0.15) is 0 Å². The number of amides is 1. The minimum Gasteiger partial charge on any atom is -0.495 e. The van der Waals surface area contributed by atoms with E-state index in [9.17, 15) is 4.79 Å². The first kappa shape index (κ1) is 19.1. The van der Waals surface area contributed by atoms with E-state index >= 15 is 0 Å². The van der Waals surface area contributed by atoms with Crippen molar-refractivity contribution in [2.24, 2.45) is 0 Å². The van der Waals surface area contributed by atoms with Crippen molar-refractivity contribution >= 4 is 17.7 Å². The summed E-state index contributed by atoms with van der Waals surface area (Å²) < 4.78 is 17.9. The average Bonchev–Trinajstić information content (AvgIpc) is 3.40. The highest BCUT2D eigenvalue weighted by molar-refractivity contribution is 8.00. The van der Waals surface area contributed by atoms with Gasteiger partial charge < -0.3 is 19.5 Å². The molecule has 0 unspecified atom stereocenters. The van der Waals surface area contributed by atoms with Gasteiger partial charge in [-0.15, -0.1) is 10.2 Å². The lowest BCUT2D eigenvalue weighted by molar-refractivity contribution is -0.120. The molecule has 0 aliphatic carbocycles. The Morgan fingerprint density at radius 2 is 2.10 bits per heavy atom. The number of hydrogen-bond donors (Lipinski definition) is 1. The lowest BCUT2D eigenvalue weighted by Gasteiger charge is -2.14. The maximum absolute atomic E-state index is 12.6. The van der Waals surface area contributed by atoms with Crippen molar-refractivity contribution in [3.05, 3.63) is 54.4 Å². The fourth-order valence-corrected chi connectivity index (χ4v) is 3.75. The summed E-state index contributed by atoms with van der Waals surface area (Å²) in [7, 11) is 1.61. The summed E-state index contributed by atoms with van der Waals surface area (Å²) in [5.41, 5.74) is 1.76. The Morgan fingerprint density at radius 1 is 1.28 bits per heavy atom. The molecule has 0 saturated heterocycles. The van der Waals surface area contributed by atoms with Crippen LogP contribution in [0.15, 0.2) is 53.9 Å². The SMILES string of the molecule is COc1ccccc1-n1cnnc1S[C@H](C)C(=O)NCc1ccc2c(c1)OCO2. The molecule has 1 N–H and O–H groups in total. The molecule has 0 bridgehead atoms. The van der Waals surface area contributed by atoms with Crippen molar-refractivity contribution < 1.29 is 19.0 Å². The predicted molar refractivity (Wildman–Crippen MR) is 108 cm³/mol. The summed E-state index contributed by atoms with van der Waals surface area (Å²) in [5, 5.41) is 11.3. The van der Waals surface area contributed by atoms with Gasteiger partial charge >= 0.3 is 0 Å². The maximum Gasteiger partial charge on any atom is 0.233 e. The van der Waals surface area contributed by atoms with Gasteiger partial charge in [-0.3, -0.25) is 9.36 Å². The predicted octanol–water partition coefficient (Wildman–Crippen LogP) is 2.80. The van der Waals surface area contributed by atoms with Crippen molar-refractivity contribution in [2.45, 2.75) is 23.9 Å². The van der Waals surface area contributed by atoms with Crippen molar-refractivity contribution in [3.63, 3.8) is 0 Å². The maximum atomic E-state index is 12.6. The van der Waals surface area contributed by atoms with Gasteiger partial charge in [0.1, 0.15) is 12.1 Å². The number of fused-ring (bicyclic) bond motifs is 1. The normalized spacial score (nSPS) is 13.2. The Labute approximate surface area is 172 Å². The Bertz CT molecular complexity index is 1020. The zero-order valence-electron chi connectivity index (χ0n) is 16.0. The third-order valence-corrected chi connectivity index (χ3v) is 5.47. The van der Waals surface area contributed by atoms with Crippen molar-refractivity contribution in [3.8, 4) is 22.9 Å². The van der Waals surface area contributed by atoms with Gasteiger partial charge in [0.05, 0.1) is 18.0 Å². The molecule has 0 spiro atoms. The third kappa shape index (κ3) is 4.14. The molecule has 2 aromatic carbocycles. The molecule has 0 fully saturated rings. The van der Waals surface area contributed by atoms with Gasteiger partial charge in [0.2, 0.25) is 12.7 Å². The summed E-state index contributed by atoms with van der Waals surface area (Å²) in [6.45, 7) is 2.46. The molecule has 1 atom stereocenters. The van der Waals surface area contributed by atoms with Crippen LogP contribution >= 0.6 is 11.8 Å². The number of carbonyl (C=O) groups is 1. The minimum absolute atomic E-state index is 0.0951. The molecule has 0 radical (unpaired) electrons. The van der Waals surface area contributed by atoms with Crippen LogP contribution in [0.5, 0.6) is 17.2 Å². The summed E-state index contributed by atoms with van der Waals surface area (Å²) in [4.78, 5) is 12.6. The molecule has 4 rings (SSSR count). The van der Waals surface area contributed by atoms with Crippen LogP contribution in [0, 0.1) is 0 Å². The van der Waals surface area contributed by atoms with Gasteiger partial charge in [0.25, 0.3) is 0 Å². The average molecular weight is 412 g/mol. The van der Waals surface area contributed by atoms with E-state index in [1.807, 2.05) is 54.0 Å². The molecule has 9 heteroatoms. The Balaban J connectivity index is 1.40. The van der Waals surface area contributed by atoms with E-state index in [0.717, 1.165) is 17.0 Å². The molecule has 1 amide bonds. The summed E-state index contributed by atoms with van der Waals surface area (Å²) in [6.07, 6.45) is 1.61. The number of nitrogens with zero attached hydrogens (tertiary/aromatic N) is 3. The van der Waals surface area contributed by atoms with Gasteiger partial charge in [-0.25, -0.2) is 0 Å². The highest BCUT2D eigenvalue weighted by atomic mass is 32.2. The van der Waals surface area contributed by atoms with Gasteiger partial charge in [-0.1, -0.05) is 30.0 Å². The third-order valence-electron chi connectivity index (χ3n) is 4.42. The molecule has 8 nitrogen and oxygen atoms in total. The quantitative estimate of drug-likeness (QED) is 0.597. The number of thioether (sulfide) groups is 1. The van der Waals surface area contributed by atoms with E-state index in [-0.39, 0.29) is 18.0 Å². The topological polar surface area (TPSA) is 87.5 Å². The molecule has 150 valence electrons. The van der Waals surface area contributed by atoms with Crippen LogP contribution in [0.3, 0.4) is 0 Å². The number of benzene rings is 2. The van der Waals surface area contributed by atoms with E-state index in [2.05, 4.69) is 15.5 Å². The number of ether oxygens (including phenoxy) is 3. The van der Waals surface area contributed by atoms with E-state index in [4.69, 9.17) is 14.2 Å². The lowest BCUT2D eigenvalue weighted by atomic mass is 10.2. The highest BCUT2D eigenvalue weighted by Crippen LogP contribution is 2.32. The first-order valence-corrected chi connectivity index (χ1v) is 9.90. The fraction of sp³-hybridized carbons (Fsp3) is 0.250. The molecule has 1 aliphatic rings. The number of para-hydroxylation sites is 2. The lowest BCUT2D eigenvalue weighted by Crippen LogP contribution is -2.30. The van der Waals surface area contributed by atoms with Crippen LogP contribution in [0.25, 0.3) is 5.69 Å². The highest BCUT2D eigenvalue weighted by Gasteiger charge is 2.20. The summed E-state index contributed by atoms with van der Waals surface area (Å²) in [5.74, 6) is 2.03. The number of hydrogen-bond acceptors (Lipinski definition) is 7. The van der Waals surface area contributed by atoms with E-state index in [1.54, 1.807) is 13.4 Å². The van der Waals surface area contributed by atoms with Crippen LogP contribution in [-0.4, -0.2) is 39.8 Å². The van der Waals surface area contributed by atoms with Gasteiger partial charge in [0.15, 0.2) is 16.7 Å². The van der Waals surface area contributed by atoms with Crippen molar-refractivity contribution in [1.29, 1.82) is 0 Å². The number of nitrogens with one attached hydrogen (secondary N) is 1. The second-order valence-corrected chi connectivity index (χ2v) is 7.63. The molecule has 1 aliphatic heterocycles. The first-order chi connectivity index (χ1) is 14.2.